The monoisotopic (exact) mass is 554 g/mol. The molecule has 0 amide bonds. The average molecular weight is 555 g/mol. The van der Waals surface area contributed by atoms with E-state index in [-0.39, 0.29) is 5.92 Å². The van der Waals surface area contributed by atoms with Crippen molar-refractivity contribution in [3.05, 3.63) is 108 Å². The number of unbranched alkanes of at least 4 members (excludes halogenated alkanes) is 6. The first kappa shape index (κ1) is 27.7. The Hall–Kier alpha value is -4.44. The van der Waals surface area contributed by atoms with Crippen molar-refractivity contribution in [3.63, 3.8) is 0 Å². The average Bonchev–Trinajstić information content (AvgIpc) is 3.64. The largest absolute Gasteiger partial charge is 0.398 e. The van der Waals surface area contributed by atoms with Crippen LogP contribution in [0, 0.1) is 0 Å². The minimum absolute atomic E-state index is 0.244. The number of benzene rings is 4. The van der Waals surface area contributed by atoms with E-state index in [4.69, 9.17) is 11.5 Å². The summed E-state index contributed by atoms with van der Waals surface area (Å²) in [6.45, 7) is 2.28. The van der Waals surface area contributed by atoms with E-state index in [9.17, 15) is 0 Å². The van der Waals surface area contributed by atoms with E-state index in [1.54, 1.807) is 0 Å². The van der Waals surface area contributed by atoms with E-state index in [0.717, 1.165) is 51.3 Å². The number of nitrogens with one attached hydrogen (secondary N) is 2. The molecule has 0 saturated carbocycles. The number of rotatable bonds is 12. The minimum Gasteiger partial charge on any atom is -0.398 e. The molecule has 2 heterocycles. The fourth-order valence-corrected chi connectivity index (χ4v) is 6.32. The van der Waals surface area contributed by atoms with Crippen molar-refractivity contribution in [2.24, 2.45) is 0 Å². The van der Waals surface area contributed by atoms with Gasteiger partial charge in [0.25, 0.3) is 0 Å². The minimum atomic E-state index is 0.244. The number of hydrogen-bond acceptors (Lipinski definition) is 2. The van der Waals surface area contributed by atoms with Gasteiger partial charge in [-0.05, 0) is 66.1 Å². The molecular formula is C38H42N4. The quantitative estimate of drug-likeness (QED) is 0.0896. The number of aromatic nitrogens is 2. The van der Waals surface area contributed by atoms with Crippen LogP contribution in [0.3, 0.4) is 0 Å². The molecule has 0 unspecified atom stereocenters. The Labute approximate surface area is 249 Å². The van der Waals surface area contributed by atoms with E-state index in [0.29, 0.717) is 0 Å². The highest BCUT2D eigenvalue weighted by Crippen LogP contribution is 2.39. The van der Waals surface area contributed by atoms with Gasteiger partial charge in [0.05, 0.1) is 0 Å². The van der Waals surface area contributed by atoms with Crippen LogP contribution in [-0.4, -0.2) is 9.97 Å². The number of nitrogens with two attached hydrogens (primary N) is 2. The van der Waals surface area contributed by atoms with Crippen LogP contribution >= 0.6 is 0 Å². The molecule has 0 aliphatic heterocycles. The standard InChI is InChI=1S/C38H42N4/c1-2-3-4-5-6-7-8-15-30(26-18-20-33(39)31(22-26)37-24-28-13-9-11-16-35(28)41-37)27-19-21-34(40)32(23-27)38-25-29-14-10-12-17-36(29)42-38/h9-14,16-25,30,41-42H,2-8,15,39-40H2,1H3. The lowest BCUT2D eigenvalue weighted by atomic mass is 9.84. The van der Waals surface area contributed by atoms with Gasteiger partial charge in [-0.15, -0.1) is 0 Å². The summed E-state index contributed by atoms with van der Waals surface area (Å²) in [6.07, 6.45) is 10.1. The van der Waals surface area contributed by atoms with Crippen LogP contribution < -0.4 is 11.5 Å². The Bertz CT molecular complexity index is 1600. The summed E-state index contributed by atoms with van der Waals surface area (Å²) in [5.74, 6) is 0.244. The molecule has 0 radical (unpaired) electrons. The van der Waals surface area contributed by atoms with Crippen molar-refractivity contribution in [2.45, 2.75) is 64.2 Å². The summed E-state index contributed by atoms with van der Waals surface area (Å²) in [7, 11) is 0. The second kappa shape index (κ2) is 12.6. The first-order chi connectivity index (χ1) is 20.6. The summed E-state index contributed by atoms with van der Waals surface area (Å²) in [5, 5.41) is 2.39. The Morgan fingerprint density at radius 1 is 0.548 bits per heavy atom. The molecule has 214 valence electrons. The summed E-state index contributed by atoms with van der Waals surface area (Å²) < 4.78 is 0. The van der Waals surface area contributed by atoms with Crippen LogP contribution in [0.15, 0.2) is 97.1 Å². The van der Waals surface area contributed by atoms with Crippen molar-refractivity contribution in [1.82, 2.24) is 9.97 Å². The molecule has 6 aromatic rings. The van der Waals surface area contributed by atoms with Crippen LogP contribution in [-0.2, 0) is 0 Å². The Balaban J connectivity index is 1.35. The molecule has 6 rings (SSSR count). The van der Waals surface area contributed by atoms with Crippen molar-refractivity contribution in [3.8, 4) is 22.5 Å². The molecule has 42 heavy (non-hydrogen) atoms. The van der Waals surface area contributed by atoms with Gasteiger partial charge in [-0.2, -0.15) is 0 Å². The zero-order chi connectivity index (χ0) is 28.9. The number of aromatic amines is 2. The molecule has 0 atom stereocenters. The molecule has 0 aliphatic carbocycles. The third-order valence-corrected chi connectivity index (χ3v) is 8.70. The fourth-order valence-electron chi connectivity index (χ4n) is 6.32. The van der Waals surface area contributed by atoms with Crippen molar-refractivity contribution < 1.29 is 0 Å². The van der Waals surface area contributed by atoms with E-state index in [1.807, 2.05) is 0 Å². The highest BCUT2D eigenvalue weighted by molar-refractivity contribution is 5.90. The molecule has 6 N–H and O–H groups in total. The van der Waals surface area contributed by atoms with Crippen LogP contribution in [0.4, 0.5) is 11.4 Å². The first-order valence-corrected chi connectivity index (χ1v) is 15.6. The van der Waals surface area contributed by atoms with Gasteiger partial charge in [-0.25, -0.2) is 0 Å². The first-order valence-electron chi connectivity index (χ1n) is 15.6. The number of hydrogen-bond donors (Lipinski definition) is 4. The lowest BCUT2D eigenvalue weighted by Crippen LogP contribution is -2.04. The highest BCUT2D eigenvalue weighted by atomic mass is 14.7. The predicted molar refractivity (Wildman–Crippen MR) is 181 cm³/mol. The Morgan fingerprint density at radius 3 is 1.52 bits per heavy atom. The molecule has 0 saturated heterocycles. The summed E-state index contributed by atoms with van der Waals surface area (Å²) >= 11 is 0. The lowest BCUT2D eigenvalue weighted by molar-refractivity contribution is 0.559. The van der Waals surface area contributed by atoms with Gasteiger partial charge in [0.2, 0.25) is 0 Å². The maximum absolute atomic E-state index is 6.58. The van der Waals surface area contributed by atoms with Gasteiger partial charge in [-0.3, -0.25) is 0 Å². The van der Waals surface area contributed by atoms with Crippen LogP contribution in [0.1, 0.15) is 75.3 Å². The van der Waals surface area contributed by atoms with Crippen LogP contribution in [0.25, 0.3) is 44.3 Å². The fraction of sp³-hybridized carbons (Fsp3) is 0.263. The number of nitrogen functional groups attached to an aromatic ring is 2. The molecule has 0 bridgehead atoms. The zero-order valence-corrected chi connectivity index (χ0v) is 24.6. The van der Waals surface area contributed by atoms with E-state index in [2.05, 4.69) is 114 Å². The number of fused-ring (bicyclic) bond motifs is 2. The van der Waals surface area contributed by atoms with E-state index < -0.39 is 0 Å². The Morgan fingerprint density at radius 2 is 1.02 bits per heavy atom. The molecule has 0 spiro atoms. The van der Waals surface area contributed by atoms with Crippen LogP contribution in [0.2, 0.25) is 0 Å². The van der Waals surface area contributed by atoms with Gasteiger partial charge in [0.1, 0.15) is 0 Å². The van der Waals surface area contributed by atoms with Gasteiger partial charge in [-0.1, -0.05) is 100 Å². The van der Waals surface area contributed by atoms with Gasteiger partial charge >= 0.3 is 0 Å². The predicted octanol–water partition coefficient (Wildman–Crippen LogP) is 10.4. The summed E-state index contributed by atoms with van der Waals surface area (Å²) in [6, 6.07) is 34.3. The second-order valence-electron chi connectivity index (χ2n) is 11.7. The molecule has 0 fully saturated rings. The third kappa shape index (κ3) is 5.94. The molecule has 0 aliphatic rings. The summed E-state index contributed by atoms with van der Waals surface area (Å²) in [5.41, 5.74) is 23.8. The molecular weight excluding hydrogens is 512 g/mol. The van der Waals surface area contributed by atoms with Crippen molar-refractivity contribution in [1.29, 1.82) is 0 Å². The number of para-hydroxylation sites is 2. The third-order valence-electron chi connectivity index (χ3n) is 8.70. The smallest absolute Gasteiger partial charge is 0.0485 e. The van der Waals surface area contributed by atoms with Gasteiger partial charge < -0.3 is 21.4 Å². The molecule has 4 heteroatoms. The maximum Gasteiger partial charge on any atom is 0.0485 e. The van der Waals surface area contributed by atoms with E-state index >= 15 is 0 Å². The number of anilines is 2. The summed E-state index contributed by atoms with van der Waals surface area (Å²) in [4.78, 5) is 7.17. The van der Waals surface area contributed by atoms with Gasteiger partial charge in [0, 0.05) is 61.6 Å². The van der Waals surface area contributed by atoms with Crippen LogP contribution in [0.5, 0.6) is 0 Å². The zero-order valence-electron chi connectivity index (χ0n) is 24.6. The highest BCUT2D eigenvalue weighted by Gasteiger charge is 2.19. The van der Waals surface area contributed by atoms with Crippen molar-refractivity contribution in [2.75, 3.05) is 11.5 Å². The SMILES string of the molecule is CCCCCCCCCC(c1ccc(N)c(-c2cc3ccccc3[nH]2)c1)c1ccc(N)c(-c2cc3ccccc3[nH]2)c1. The maximum atomic E-state index is 6.58. The lowest BCUT2D eigenvalue weighted by Gasteiger charge is -2.21. The normalized spacial score (nSPS) is 11.7. The second-order valence-corrected chi connectivity index (χ2v) is 11.7. The topological polar surface area (TPSA) is 83.6 Å². The molecule has 2 aromatic heterocycles. The molecule has 4 aromatic carbocycles. The van der Waals surface area contributed by atoms with Crippen molar-refractivity contribution >= 4 is 33.2 Å². The molecule has 4 nitrogen and oxygen atoms in total. The van der Waals surface area contributed by atoms with E-state index in [1.165, 1.54) is 66.8 Å². The number of H-pyrrole nitrogens is 2. The Kier molecular flexibility index (Phi) is 8.32. The van der Waals surface area contributed by atoms with Gasteiger partial charge in [0.15, 0.2) is 0 Å².